The molecular weight excluding hydrogens is 311 g/mol. The quantitative estimate of drug-likeness (QED) is 0.928. The molecule has 3 rings (SSSR count). The van der Waals surface area contributed by atoms with Crippen LogP contribution in [0.3, 0.4) is 0 Å². The molecule has 2 aliphatic rings. The molecule has 1 unspecified atom stereocenters. The second-order valence-corrected chi connectivity index (χ2v) is 6.37. The van der Waals surface area contributed by atoms with E-state index >= 15 is 0 Å². The van der Waals surface area contributed by atoms with Gasteiger partial charge in [-0.25, -0.2) is 9.18 Å². The molecule has 1 aromatic carbocycles. The van der Waals surface area contributed by atoms with Crippen molar-refractivity contribution < 1.29 is 18.7 Å². The van der Waals surface area contributed by atoms with Crippen LogP contribution in [0.1, 0.15) is 31.1 Å². The number of alkyl carbamates (subject to hydrolysis) is 1. The number of carbonyl (C=O) groups is 2. The Balaban J connectivity index is 2.12. The molecule has 22 heavy (non-hydrogen) atoms. The summed E-state index contributed by atoms with van der Waals surface area (Å²) in [6.45, 7) is 5.57. The van der Waals surface area contributed by atoms with Crippen molar-refractivity contribution in [2.45, 2.75) is 26.4 Å². The Bertz CT molecular complexity index is 663. The van der Waals surface area contributed by atoms with Crippen LogP contribution in [0.5, 0.6) is 0 Å². The summed E-state index contributed by atoms with van der Waals surface area (Å²) in [7, 11) is 0. The highest BCUT2D eigenvalue weighted by molar-refractivity contribution is 6.31. The van der Waals surface area contributed by atoms with Crippen LogP contribution in [0.15, 0.2) is 6.07 Å². The molecule has 5 nitrogen and oxygen atoms in total. The number of ether oxygens (including phenoxy) is 1. The first-order valence-electron chi connectivity index (χ1n) is 7.15. The van der Waals surface area contributed by atoms with E-state index in [1.54, 1.807) is 6.07 Å². The number of cyclic esters (lactones) is 1. The zero-order chi connectivity index (χ0) is 16.0. The molecular formula is C15H16ClFN2O3. The molecule has 0 bridgehead atoms. The summed E-state index contributed by atoms with van der Waals surface area (Å²) in [6.07, 6.45) is -1.43. The van der Waals surface area contributed by atoms with E-state index in [4.69, 9.17) is 16.3 Å². The van der Waals surface area contributed by atoms with Gasteiger partial charge in [0.25, 0.3) is 5.91 Å². The number of carbonyl (C=O) groups excluding carboxylic acids is 2. The van der Waals surface area contributed by atoms with Gasteiger partial charge < -0.3 is 9.64 Å². The third-order valence-electron chi connectivity index (χ3n) is 3.81. The van der Waals surface area contributed by atoms with Gasteiger partial charge in [-0.05, 0) is 24.0 Å². The van der Waals surface area contributed by atoms with E-state index in [0.717, 1.165) is 25.1 Å². The van der Waals surface area contributed by atoms with E-state index in [-0.39, 0.29) is 10.6 Å². The van der Waals surface area contributed by atoms with Crippen LogP contribution < -0.4 is 10.2 Å². The zero-order valence-electron chi connectivity index (χ0n) is 12.3. The highest BCUT2D eigenvalue weighted by atomic mass is 35.5. The first kappa shape index (κ1) is 15.1. The molecule has 0 spiro atoms. The van der Waals surface area contributed by atoms with E-state index < -0.39 is 23.9 Å². The second-order valence-electron chi connectivity index (χ2n) is 5.96. The number of rotatable bonds is 3. The molecule has 1 saturated heterocycles. The predicted octanol–water partition coefficient (Wildman–Crippen LogP) is 2.81. The van der Waals surface area contributed by atoms with Gasteiger partial charge in [0.15, 0.2) is 5.82 Å². The molecule has 2 heterocycles. The van der Waals surface area contributed by atoms with Crippen molar-refractivity contribution >= 4 is 29.3 Å². The van der Waals surface area contributed by atoms with Crippen molar-refractivity contribution in [3.8, 4) is 0 Å². The lowest BCUT2D eigenvalue weighted by molar-refractivity contribution is -0.123. The fraction of sp³-hybridized carbons (Fsp3) is 0.467. The van der Waals surface area contributed by atoms with Gasteiger partial charge in [0.2, 0.25) is 6.10 Å². The summed E-state index contributed by atoms with van der Waals surface area (Å²) < 4.78 is 19.5. The first-order valence-corrected chi connectivity index (χ1v) is 7.53. The molecule has 7 heteroatoms. The zero-order valence-corrected chi connectivity index (χ0v) is 13.0. The minimum Gasteiger partial charge on any atom is -0.431 e. The molecule has 118 valence electrons. The van der Waals surface area contributed by atoms with Gasteiger partial charge in [0, 0.05) is 13.1 Å². The van der Waals surface area contributed by atoms with Crippen molar-refractivity contribution in [1.29, 1.82) is 0 Å². The Kier molecular flexibility index (Phi) is 3.72. The lowest BCUT2D eigenvalue weighted by Crippen LogP contribution is -2.28. The fourth-order valence-electron chi connectivity index (χ4n) is 3.03. The summed E-state index contributed by atoms with van der Waals surface area (Å²) in [5.41, 5.74) is 1.56. The summed E-state index contributed by atoms with van der Waals surface area (Å²) in [6, 6.07) is 1.59. The van der Waals surface area contributed by atoms with E-state index in [1.165, 1.54) is 0 Å². The van der Waals surface area contributed by atoms with Gasteiger partial charge in [0.05, 0.1) is 16.3 Å². The maximum Gasteiger partial charge on any atom is 0.415 e. The van der Waals surface area contributed by atoms with Crippen LogP contribution in [0.25, 0.3) is 0 Å². The minimum atomic E-state index is -1.28. The number of amides is 2. The molecule has 1 N–H and O–H groups in total. The highest BCUT2D eigenvalue weighted by Gasteiger charge is 2.41. The Hall–Kier alpha value is -1.82. The predicted molar refractivity (Wildman–Crippen MR) is 79.5 cm³/mol. The molecule has 1 fully saturated rings. The Morgan fingerprint density at radius 3 is 2.82 bits per heavy atom. The number of nitrogens with one attached hydrogen (secondary N) is 1. The summed E-state index contributed by atoms with van der Waals surface area (Å²) in [4.78, 5) is 25.2. The van der Waals surface area contributed by atoms with Crippen LogP contribution in [0.2, 0.25) is 5.02 Å². The molecule has 2 aliphatic heterocycles. The van der Waals surface area contributed by atoms with E-state index in [0.29, 0.717) is 11.6 Å². The lowest BCUT2D eigenvalue weighted by atomic mass is 10.0. The van der Waals surface area contributed by atoms with Crippen molar-refractivity contribution in [2.24, 2.45) is 5.92 Å². The van der Waals surface area contributed by atoms with Crippen LogP contribution in [-0.4, -0.2) is 25.1 Å². The SMILES string of the molecule is CC(C)CN1CCc2cc(Cl)c(F)c(C3OC(=O)NC3=O)c21. The number of fused-ring (bicyclic) bond motifs is 1. The monoisotopic (exact) mass is 326 g/mol. The number of benzene rings is 1. The number of hydrogen-bond acceptors (Lipinski definition) is 4. The largest absolute Gasteiger partial charge is 0.431 e. The Morgan fingerprint density at radius 2 is 2.23 bits per heavy atom. The maximum atomic E-state index is 14.6. The highest BCUT2D eigenvalue weighted by Crippen LogP contribution is 2.42. The third-order valence-corrected chi connectivity index (χ3v) is 4.08. The van der Waals surface area contributed by atoms with Crippen molar-refractivity contribution in [2.75, 3.05) is 18.0 Å². The molecule has 0 saturated carbocycles. The fourth-order valence-corrected chi connectivity index (χ4v) is 3.26. The summed E-state index contributed by atoms with van der Waals surface area (Å²) in [5, 5.41) is 1.97. The number of nitrogens with zero attached hydrogens (tertiary/aromatic N) is 1. The maximum absolute atomic E-state index is 14.6. The normalized spacial score (nSPS) is 20.4. The first-order chi connectivity index (χ1) is 10.4. The number of imide groups is 1. The molecule has 1 atom stereocenters. The van der Waals surface area contributed by atoms with Crippen molar-refractivity contribution in [3.63, 3.8) is 0 Å². The topological polar surface area (TPSA) is 58.6 Å². The molecule has 1 aromatic rings. The molecule has 0 aromatic heterocycles. The van der Waals surface area contributed by atoms with Crippen LogP contribution in [0, 0.1) is 11.7 Å². The average molecular weight is 327 g/mol. The van der Waals surface area contributed by atoms with E-state index in [9.17, 15) is 14.0 Å². The van der Waals surface area contributed by atoms with E-state index in [2.05, 4.69) is 13.8 Å². The summed E-state index contributed by atoms with van der Waals surface area (Å²) in [5.74, 6) is -0.992. The minimum absolute atomic E-state index is 0.0593. The summed E-state index contributed by atoms with van der Waals surface area (Å²) >= 11 is 5.95. The Morgan fingerprint density at radius 1 is 1.50 bits per heavy atom. The van der Waals surface area contributed by atoms with Gasteiger partial charge >= 0.3 is 6.09 Å². The van der Waals surface area contributed by atoms with Crippen LogP contribution in [-0.2, 0) is 16.0 Å². The number of hydrogen-bond donors (Lipinski definition) is 1. The van der Waals surface area contributed by atoms with E-state index in [1.807, 2.05) is 10.2 Å². The molecule has 0 radical (unpaired) electrons. The van der Waals surface area contributed by atoms with Gasteiger partial charge in [-0.3, -0.25) is 10.1 Å². The standard InChI is InChI=1S/C15H16ClFN2O3/c1-7(2)6-19-4-3-8-5-9(16)11(17)10(12(8)19)13-14(20)18-15(21)22-13/h5,7,13H,3-4,6H2,1-2H3,(H,18,20,21). The number of anilines is 1. The van der Waals surface area contributed by atoms with Gasteiger partial charge in [-0.15, -0.1) is 0 Å². The molecule has 2 amide bonds. The average Bonchev–Trinajstić information content (AvgIpc) is 2.95. The van der Waals surface area contributed by atoms with Crippen molar-refractivity contribution in [3.05, 3.63) is 28.0 Å². The third kappa shape index (κ3) is 2.41. The smallest absolute Gasteiger partial charge is 0.415 e. The van der Waals surface area contributed by atoms with Gasteiger partial charge in [-0.1, -0.05) is 25.4 Å². The second kappa shape index (κ2) is 5.43. The van der Waals surface area contributed by atoms with Crippen LogP contribution in [0.4, 0.5) is 14.9 Å². The van der Waals surface area contributed by atoms with Gasteiger partial charge in [-0.2, -0.15) is 0 Å². The van der Waals surface area contributed by atoms with Gasteiger partial charge in [0.1, 0.15) is 0 Å². The molecule has 0 aliphatic carbocycles. The number of halogens is 2. The Labute approximate surface area is 132 Å². The lowest BCUT2D eigenvalue weighted by Gasteiger charge is -2.25. The van der Waals surface area contributed by atoms with Crippen LogP contribution >= 0.6 is 11.6 Å². The van der Waals surface area contributed by atoms with Crippen molar-refractivity contribution in [1.82, 2.24) is 5.32 Å².